The fraction of sp³-hybridized carbons (Fsp3) is 0.350. The number of benzene rings is 1. The zero-order valence-corrected chi connectivity index (χ0v) is 16.6. The number of carbonyl (C=O) groups excluding carboxylic acids is 2. The van der Waals surface area contributed by atoms with Crippen molar-refractivity contribution < 1.29 is 23.1 Å². The van der Waals surface area contributed by atoms with Gasteiger partial charge in [0.05, 0.1) is 22.8 Å². The second kappa shape index (κ2) is 9.15. The van der Waals surface area contributed by atoms with Crippen LogP contribution in [0.3, 0.4) is 0 Å². The van der Waals surface area contributed by atoms with Gasteiger partial charge in [-0.25, -0.2) is 13.1 Å². The van der Waals surface area contributed by atoms with E-state index in [0.29, 0.717) is 5.69 Å². The number of sulfonamides is 1. The lowest BCUT2D eigenvalue weighted by atomic mass is 9.95. The van der Waals surface area contributed by atoms with Crippen LogP contribution in [0.25, 0.3) is 0 Å². The van der Waals surface area contributed by atoms with Crippen LogP contribution >= 0.6 is 0 Å². The molecule has 1 aliphatic rings. The highest BCUT2D eigenvalue weighted by Gasteiger charge is 2.22. The average Bonchev–Trinajstić information content (AvgIpc) is 2.74. The minimum absolute atomic E-state index is 0.0389. The van der Waals surface area contributed by atoms with E-state index >= 15 is 0 Å². The maximum Gasteiger partial charge on any atom is 0.266 e. The normalized spacial score (nSPS) is 14.9. The highest BCUT2D eigenvalue weighted by Crippen LogP contribution is 2.18. The molecule has 8 nitrogen and oxygen atoms in total. The number of aromatic nitrogens is 1. The summed E-state index contributed by atoms with van der Waals surface area (Å²) in [6.45, 7) is -0.282. The summed E-state index contributed by atoms with van der Waals surface area (Å²) < 4.78 is 27.1. The standard InChI is InChI=1S/C20H23N3O5S/c24-13-17-10-9-15(12-21-17)20(26)23-29(27,28)18-8-4-5-14(11-18)19(25)22-16-6-2-1-3-7-16/h4-5,8-12,16,24H,1-3,6-7,13H2,(H,22,25)(H,23,26). The molecule has 154 valence electrons. The summed E-state index contributed by atoms with van der Waals surface area (Å²) >= 11 is 0. The number of amides is 2. The predicted octanol–water partition coefficient (Wildman–Crippen LogP) is 1.76. The Morgan fingerprint density at radius 1 is 1.03 bits per heavy atom. The van der Waals surface area contributed by atoms with E-state index < -0.39 is 15.9 Å². The molecule has 0 aliphatic heterocycles. The van der Waals surface area contributed by atoms with Gasteiger partial charge in [-0.2, -0.15) is 0 Å². The van der Waals surface area contributed by atoms with Crippen molar-refractivity contribution in [2.75, 3.05) is 0 Å². The molecule has 3 N–H and O–H groups in total. The average molecular weight is 417 g/mol. The summed E-state index contributed by atoms with van der Waals surface area (Å²) in [6.07, 6.45) is 6.33. The number of rotatable bonds is 6. The number of hydrogen-bond donors (Lipinski definition) is 3. The molecular formula is C20H23N3O5S. The molecule has 3 rings (SSSR count). The van der Waals surface area contributed by atoms with Crippen LogP contribution in [0.5, 0.6) is 0 Å². The highest BCUT2D eigenvalue weighted by molar-refractivity contribution is 7.90. The lowest BCUT2D eigenvalue weighted by Gasteiger charge is -2.22. The molecule has 0 spiro atoms. The van der Waals surface area contributed by atoms with Crippen LogP contribution in [-0.4, -0.2) is 36.4 Å². The van der Waals surface area contributed by atoms with Gasteiger partial charge in [0.1, 0.15) is 0 Å². The number of nitrogens with zero attached hydrogens (tertiary/aromatic N) is 1. The summed E-state index contributed by atoms with van der Waals surface area (Å²) in [4.78, 5) is 28.4. The van der Waals surface area contributed by atoms with Gasteiger partial charge < -0.3 is 10.4 Å². The molecular weight excluding hydrogens is 394 g/mol. The fourth-order valence-electron chi connectivity index (χ4n) is 3.21. The van der Waals surface area contributed by atoms with E-state index in [-0.39, 0.29) is 34.6 Å². The van der Waals surface area contributed by atoms with Crippen LogP contribution in [0, 0.1) is 0 Å². The first-order valence-electron chi connectivity index (χ1n) is 9.43. The first-order valence-corrected chi connectivity index (χ1v) is 10.9. The van der Waals surface area contributed by atoms with E-state index in [0.717, 1.165) is 32.1 Å². The molecule has 1 saturated carbocycles. The van der Waals surface area contributed by atoms with E-state index in [1.54, 1.807) is 0 Å². The Morgan fingerprint density at radius 2 is 1.79 bits per heavy atom. The molecule has 0 bridgehead atoms. The number of pyridine rings is 1. The van der Waals surface area contributed by atoms with Crippen LogP contribution in [0.2, 0.25) is 0 Å². The Hall–Kier alpha value is -2.78. The van der Waals surface area contributed by atoms with Crippen molar-refractivity contribution in [2.45, 2.75) is 49.6 Å². The highest BCUT2D eigenvalue weighted by atomic mass is 32.2. The van der Waals surface area contributed by atoms with Crippen molar-refractivity contribution in [3.8, 4) is 0 Å². The molecule has 1 aliphatic carbocycles. The molecule has 0 unspecified atom stereocenters. The van der Waals surface area contributed by atoms with Crippen molar-refractivity contribution in [1.29, 1.82) is 0 Å². The molecule has 2 aromatic rings. The fourth-order valence-corrected chi connectivity index (χ4v) is 4.23. The van der Waals surface area contributed by atoms with Crippen molar-refractivity contribution in [1.82, 2.24) is 15.0 Å². The predicted molar refractivity (Wildman–Crippen MR) is 106 cm³/mol. The maximum absolute atomic E-state index is 12.6. The molecule has 9 heteroatoms. The molecule has 1 fully saturated rings. The Bertz CT molecular complexity index is 983. The smallest absolute Gasteiger partial charge is 0.266 e. The van der Waals surface area contributed by atoms with Gasteiger partial charge in [-0.15, -0.1) is 0 Å². The van der Waals surface area contributed by atoms with Crippen LogP contribution in [0.15, 0.2) is 47.5 Å². The van der Waals surface area contributed by atoms with Crippen molar-refractivity contribution >= 4 is 21.8 Å². The molecule has 29 heavy (non-hydrogen) atoms. The van der Waals surface area contributed by atoms with Gasteiger partial charge in [-0.1, -0.05) is 25.3 Å². The van der Waals surface area contributed by atoms with Crippen LogP contribution in [-0.2, 0) is 16.6 Å². The zero-order chi connectivity index (χ0) is 20.9. The van der Waals surface area contributed by atoms with Crippen LogP contribution < -0.4 is 10.0 Å². The van der Waals surface area contributed by atoms with Gasteiger partial charge in [0.2, 0.25) is 0 Å². The summed E-state index contributed by atoms with van der Waals surface area (Å²) in [6, 6.07) is 8.48. The summed E-state index contributed by atoms with van der Waals surface area (Å²) in [5.41, 5.74) is 0.623. The SMILES string of the molecule is O=C(NC1CCCCC1)c1cccc(S(=O)(=O)NC(=O)c2ccc(CO)nc2)c1. The molecule has 1 aromatic heterocycles. The summed E-state index contributed by atoms with van der Waals surface area (Å²) in [5.74, 6) is -1.18. The largest absolute Gasteiger partial charge is 0.390 e. The van der Waals surface area contributed by atoms with Gasteiger partial charge in [0.25, 0.3) is 21.8 Å². The van der Waals surface area contributed by atoms with Gasteiger partial charge in [-0.05, 0) is 43.2 Å². The van der Waals surface area contributed by atoms with Gasteiger partial charge in [0, 0.05) is 17.8 Å². The maximum atomic E-state index is 12.6. The molecule has 2 amide bonds. The number of carbonyl (C=O) groups is 2. The Morgan fingerprint density at radius 3 is 2.45 bits per heavy atom. The monoisotopic (exact) mass is 417 g/mol. The lowest BCUT2D eigenvalue weighted by Crippen LogP contribution is -2.36. The van der Waals surface area contributed by atoms with E-state index in [9.17, 15) is 18.0 Å². The molecule has 0 radical (unpaired) electrons. The quantitative estimate of drug-likeness (QED) is 0.658. The van der Waals surface area contributed by atoms with Gasteiger partial charge >= 0.3 is 0 Å². The molecule has 1 heterocycles. The Kier molecular flexibility index (Phi) is 6.60. The Balaban J connectivity index is 1.72. The molecule has 0 atom stereocenters. The zero-order valence-electron chi connectivity index (χ0n) is 15.8. The summed E-state index contributed by atoms with van der Waals surface area (Å²) in [7, 11) is -4.17. The lowest BCUT2D eigenvalue weighted by molar-refractivity contribution is 0.0926. The van der Waals surface area contributed by atoms with E-state index in [2.05, 4.69) is 10.3 Å². The number of aliphatic hydroxyl groups excluding tert-OH is 1. The third-order valence-electron chi connectivity index (χ3n) is 4.82. The van der Waals surface area contributed by atoms with E-state index in [4.69, 9.17) is 5.11 Å². The second-order valence-electron chi connectivity index (χ2n) is 6.97. The van der Waals surface area contributed by atoms with Crippen molar-refractivity contribution in [3.05, 3.63) is 59.4 Å². The van der Waals surface area contributed by atoms with E-state index in [1.165, 1.54) is 42.6 Å². The second-order valence-corrected chi connectivity index (χ2v) is 8.65. The number of hydrogen-bond acceptors (Lipinski definition) is 6. The van der Waals surface area contributed by atoms with Crippen LogP contribution in [0.1, 0.15) is 58.5 Å². The number of nitrogens with one attached hydrogen (secondary N) is 2. The first-order chi connectivity index (χ1) is 13.9. The van der Waals surface area contributed by atoms with Crippen LogP contribution in [0.4, 0.5) is 0 Å². The summed E-state index contributed by atoms with van der Waals surface area (Å²) in [5, 5.41) is 11.9. The minimum atomic E-state index is -4.17. The first kappa shape index (κ1) is 20.9. The Labute approximate surface area is 169 Å². The topological polar surface area (TPSA) is 125 Å². The van der Waals surface area contributed by atoms with Crippen molar-refractivity contribution in [3.63, 3.8) is 0 Å². The molecule has 0 saturated heterocycles. The third-order valence-corrected chi connectivity index (χ3v) is 6.15. The minimum Gasteiger partial charge on any atom is -0.390 e. The van der Waals surface area contributed by atoms with Gasteiger partial charge in [0.15, 0.2) is 0 Å². The van der Waals surface area contributed by atoms with Gasteiger partial charge in [-0.3, -0.25) is 14.6 Å². The van der Waals surface area contributed by atoms with Crippen molar-refractivity contribution in [2.24, 2.45) is 0 Å². The third kappa shape index (κ3) is 5.39. The van der Waals surface area contributed by atoms with E-state index in [1.807, 2.05) is 4.72 Å². The molecule has 1 aromatic carbocycles. The number of aliphatic hydroxyl groups is 1.